The van der Waals surface area contributed by atoms with Crippen molar-refractivity contribution >= 4 is 8.32 Å². The van der Waals surface area contributed by atoms with Gasteiger partial charge in [-0.25, -0.2) is 0 Å². The van der Waals surface area contributed by atoms with Crippen LogP contribution in [-0.4, -0.2) is 39.5 Å². The fraction of sp³-hybridized carbons (Fsp3) is 0.867. The Labute approximate surface area is 309 Å². The maximum absolute atomic E-state index is 7.17. The Morgan fingerprint density at radius 1 is 0.860 bits per heavy atom. The Bertz CT molecular complexity index is 1220. The van der Waals surface area contributed by atoms with Gasteiger partial charge in [0, 0.05) is 12.7 Å². The van der Waals surface area contributed by atoms with E-state index in [4.69, 9.17) is 18.6 Å². The summed E-state index contributed by atoms with van der Waals surface area (Å²) < 4.78 is 27.0. The lowest BCUT2D eigenvalue weighted by molar-refractivity contribution is -0.226. The van der Waals surface area contributed by atoms with Crippen LogP contribution in [0.5, 0.6) is 0 Å². The van der Waals surface area contributed by atoms with Crippen LogP contribution in [0.4, 0.5) is 0 Å². The van der Waals surface area contributed by atoms with E-state index in [0.29, 0.717) is 46.9 Å². The van der Waals surface area contributed by atoms with Crippen LogP contribution in [0, 0.1) is 52.3 Å². The summed E-state index contributed by atoms with van der Waals surface area (Å²) in [5, 5.41) is 0.251. The number of hydrogen-bond acceptors (Lipinski definition) is 4. The normalized spacial score (nSPS) is 39.0. The summed E-state index contributed by atoms with van der Waals surface area (Å²) in [5.41, 5.74) is 2.11. The summed E-state index contributed by atoms with van der Waals surface area (Å²) in [6.07, 6.45) is 17.5. The first-order valence-corrected chi connectivity index (χ1v) is 24.1. The maximum atomic E-state index is 7.17. The molecule has 0 spiro atoms. The van der Waals surface area contributed by atoms with E-state index in [1.165, 1.54) is 82.6 Å². The molecule has 5 heteroatoms. The lowest BCUT2D eigenvalue weighted by Gasteiger charge is -2.63. The molecule has 1 saturated heterocycles. The second kappa shape index (κ2) is 15.6. The highest BCUT2D eigenvalue weighted by atomic mass is 28.4. The molecule has 6 unspecified atom stereocenters. The number of hydrogen-bond donors (Lipinski definition) is 0. The Kier molecular flexibility index (Phi) is 12.1. The zero-order chi connectivity index (χ0) is 35.9. The predicted molar refractivity (Wildman–Crippen MR) is 209 cm³/mol. The number of fused-ring (bicyclic) bond motifs is 5. The lowest BCUT2D eigenvalue weighted by Crippen LogP contribution is -2.59. The smallest absolute Gasteiger partial charge is 0.192 e. The molecule has 4 nitrogen and oxygen atoms in total. The van der Waals surface area contributed by atoms with Crippen molar-refractivity contribution in [2.45, 2.75) is 188 Å². The van der Waals surface area contributed by atoms with Crippen LogP contribution in [0.2, 0.25) is 18.1 Å². The van der Waals surface area contributed by atoms with Crippen molar-refractivity contribution in [3.05, 3.63) is 35.9 Å². The minimum Gasteiger partial charge on any atom is -0.414 e. The highest BCUT2D eigenvalue weighted by molar-refractivity contribution is 6.74. The standard InChI is InChI=1S/C45H76O4Si/c1-31(2)39(49-50(9,10)43(4,5)6)22-19-32(3)36-20-21-37-42-38(24-26-45(36,37)8)44(7)25-23-35(48-41-18-14-15-27-46-41)28-34(44)29-40(42)47-30-33-16-12-11-13-17-33/h11-13,16-17,31-32,34-42H,14-15,18-30H2,1-10H3/t32-,34?,35-,36+,37?,38?,39?,40-,41?,42?,44-,45+/m0/s1. The van der Waals surface area contributed by atoms with Crippen molar-refractivity contribution in [1.82, 2.24) is 0 Å². The van der Waals surface area contributed by atoms with E-state index < -0.39 is 8.32 Å². The van der Waals surface area contributed by atoms with Crippen LogP contribution < -0.4 is 0 Å². The van der Waals surface area contributed by atoms with Crippen LogP contribution in [0.1, 0.15) is 144 Å². The van der Waals surface area contributed by atoms with Crippen molar-refractivity contribution in [3.8, 4) is 0 Å². The van der Waals surface area contributed by atoms with Gasteiger partial charge in [-0.05, 0) is 159 Å². The monoisotopic (exact) mass is 709 g/mol. The molecule has 0 bridgehead atoms. The number of rotatable bonds is 12. The third-order valence-corrected chi connectivity index (χ3v) is 20.6. The van der Waals surface area contributed by atoms with Gasteiger partial charge < -0.3 is 18.6 Å². The van der Waals surface area contributed by atoms with Crippen LogP contribution >= 0.6 is 0 Å². The van der Waals surface area contributed by atoms with Crippen LogP contribution in [0.3, 0.4) is 0 Å². The van der Waals surface area contributed by atoms with Gasteiger partial charge in [-0.2, -0.15) is 0 Å². The van der Waals surface area contributed by atoms with Crippen molar-refractivity contribution in [3.63, 3.8) is 0 Å². The third kappa shape index (κ3) is 8.03. The molecule has 5 fully saturated rings. The van der Waals surface area contributed by atoms with Crippen molar-refractivity contribution in [1.29, 1.82) is 0 Å². The molecule has 0 aromatic heterocycles. The van der Waals surface area contributed by atoms with Crippen molar-refractivity contribution in [2.75, 3.05) is 6.61 Å². The molecule has 1 heterocycles. The molecule has 5 aliphatic rings. The molecular formula is C45H76O4Si. The summed E-state index contributed by atoms with van der Waals surface area (Å²) in [6.45, 7) is 26.4. The summed E-state index contributed by atoms with van der Waals surface area (Å²) in [5.74, 6) is 4.95. The number of benzene rings is 1. The van der Waals surface area contributed by atoms with Crippen LogP contribution in [-0.2, 0) is 25.2 Å². The van der Waals surface area contributed by atoms with Gasteiger partial charge >= 0.3 is 0 Å². The lowest BCUT2D eigenvalue weighted by atomic mass is 9.43. The van der Waals surface area contributed by atoms with Crippen molar-refractivity contribution in [2.24, 2.45) is 52.3 Å². The third-order valence-electron chi connectivity index (χ3n) is 16.1. The fourth-order valence-electron chi connectivity index (χ4n) is 12.0. The average Bonchev–Trinajstić information content (AvgIpc) is 3.43. The molecule has 12 atom stereocenters. The van der Waals surface area contributed by atoms with Gasteiger partial charge in [-0.3, -0.25) is 0 Å². The number of ether oxygens (including phenoxy) is 3. The van der Waals surface area contributed by atoms with E-state index in [1.807, 2.05) is 0 Å². The van der Waals surface area contributed by atoms with E-state index >= 15 is 0 Å². The first-order valence-electron chi connectivity index (χ1n) is 21.2. The molecule has 0 amide bonds. The fourth-order valence-corrected chi connectivity index (χ4v) is 13.5. The minimum atomic E-state index is -1.80. The quantitative estimate of drug-likeness (QED) is 0.160. The second-order valence-corrected chi connectivity index (χ2v) is 25.1. The second-order valence-electron chi connectivity index (χ2n) is 20.3. The Hall–Kier alpha value is -0.723. The first-order chi connectivity index (χ1) is 23.6. The van der Waals surface area contributed by atoms with Crippen molar-refractivity contribution < 1.29 is 18.6 Å². The van der Waals surface area contributed by atoms with Crippen LogP contribution in [0.25, 0.3) is 0 Å². The van der Waals surface area contributed by atoms with Gasteiger partial charge in [0.2, 0.25) is 0 Å². The molecule has 4 saturated carbocycles. The molecule has 6 rings (SSSR count). The predicted octanol–water partition coefficient (Wildman–Crippen LogP) is 12.2. The summed E-state index contributed by atoms with van der Waals surface area (Å²) in [4.78, 5) is 0. The summed E-state index contributed by atoms with van der Waals surface area (Å²) in [6, 6.07) is 10.9. The zero-order valence-electron chi connectivity index (χ0n) is 34.0. The molecule has 1 aliphatic heterocycles. The Balaban J connectivity index is 1.18. The van der Waals surface area contributed by atoms with Gasteiger partial charge in [0.05, 0.1) is 18.8 Å². The van der Waals surface area contributed by atoms with Crippen LogP contribution in [0.15, 0.2) is 30.3 Å². The molecule has 4 aliphatic carbocycles. The Morgan fingerprint density at radius 2 is 1.58 bits per heavy atom. The molecule has 50 heavy (non-hydrogen) atoms. The first kappa shape index (κ1) is 39.0. The van der Waals surface area contributed by atoms with Gasteiger partial charge in [-0.1, -0.05) is 85.7 Å². The van der Waals surface area contributed by atoms with E-state index in [9.17, 15) is 0 Å². The van der Waals surface area contributed by atoms with E-state index in [-0.39, 0.29) is 11.3 Å². The summed E-state index contributed by atoms with van der Waals surface area (Å²) in [7, 11) is -1.80. The zero-order valence-corrected chi connectivity index (χ0v) is 35.0. The summed E-state index contributed by atoms with van der Waals surface area (Å²) >= 11 is 0. The average molecular weight is 709 g/mol. The molecule has 284 valence electrons. The topological polar surface area (TPSA) is 36.9 Å². The van der Waals surface area contributed by atoms with Gasteiger partial charge in [0.15, 0.2) is 14.6 Å². The van der Waals surface area contributed by atoms with Gasteiger partial charge in [0.1, 0.15) is 0 Å². The maximum Gasteiger partial charge on any atom is 0.192 e. The highest BCUT2D eigenvalue weighted by Crippen LogP contribution is 2.69. The Morgan fingerprint density at radius 3 is 2.26 bits per heavy atom. The largest absolute Gasteiger partial charge is 0.414 e. The van der Waals surface area contributed by atoms with E-state index in [1.54, 1.807) is 0 Å². The SMILES string of the molecule is CC(C)C(CC[C@H](C)[C@H]1CCC2C3C(CC[C@@]21C)[C@@]1(C)CC[C@H](OC2CCCCO2)CC1C[C@@H]3OCc1ccccc1)O[Si](C)(C)C(C)(C)C. The highest BCUT2D eigenvalue weighted by Gasteiger charge is 2.63. The van der Waals surface area contributed by atoms with E-state index in [2.05, 4.69) is 98.8 Å². The molecule has 1 aromatic carbocycles. The molecule has 0 radical (unpaired) electrons. The molecule has 1 aromatic rings. The van der Waals surface area contributed by atoms with E-state index in [0.717, 1.165) is 43.3 Å². The minimum absolute atomic E-state index is 0.0156. The van der Waals surface area contributed by atoms with Gasteiger partial charge in [0.25, 0.3) is 0 Å². The molecular weight excluding hydrogens is 633 g/mol. The molecule has 0 N–H and O–H groups in total. The van der Waals surface area contributed by atoms with Gasteiger partial charge in [-0.15, -0.1) is 0 Å².